The number of anilines is 1. The predicted molar refractivity (Wildman–Crippen MR) is 134 cm³/mol. The zero-order chi connectivity index (χ0) is 25.2. The summed E-state index contributed by atoms with van der Waals surface area (Å²) in [5, 5.41) is 2.88. The van der Waals surface area contributed by atoms with Crippen LogP contribution < -0.4 is 5.32 Å². The zero-order valence-electron chi connectivity index (χ0n) is 20.7. The number of carbonyl (C=O) groups is 2. The smallest absolute Gasteiger partial charge is 0.243 e. The van der Waals surface area contributed by atoms with Crippen molar-refractivity contribution in [2.75, 3.05) is 31.5 Å². The zero-order valence-corrected chi connectivity index (χ0v) is 21.5. The molecule has 1 unspecified atom stereocenters. The van der Waals surface area contributed by atoms with E-state index in [0.717, 1.165) is 29.7 Å². The van der Waals surface area contributed by atoms with Gasteiger partial charge in [-0.15, -0.1) is 0 Å². The van der Waals surface area contributed by atoms with Crippen molar-refractivity contribution in [3.8, 4) is 0 Å². The SMILES string of the molecule is Cc1cccc(NC(=O)C2CCCN(C(=O)C3CCN(S(=O)(=O)c4ccc(C)c(C)c4)CC3)C2)n1. The molecule has 35 heavy (non-hydrogen) atoms. The highest BCUT2D eigenvalue weighted by Gasteiger charge is 2.36. The van der Waals surface area contributed by atoms with Crippen molar-refractivity contribution in [2.24, 2.45) is 11.8 Å². The summed E-state index contributed by atoms with van der Waals surface area (Å²) in [6, 6.07) is 10.7. The van der Waals surface area contributed by atoms with Gasteiger partial charge in [0.15, 0.2) is 0 Å². The van der Waals surface area contributed by atoms with E-state index in [1.54, 1.807) is 23.1 Å². The Labute approximate surface area is 207 Å². The molecule has 1 atom stereocenters. The van der Waals surface area contributed by atoms with E-state index in [2.05, 4.69) is 10.3 Å². The monoisotopic (exact) mass is 498 g/mol. The van der Waals surface area contributed by atoms with Gasteiger partial charge in [-0.2, -0.15) is 4.31 Å². The molecule has 1 aromatic heterocycles. The largest absolute Gasteiger partial charge is 0.342 e. The summed E-state index contributed by atoms with van der Waals surface area (Å²) in [7, 11) is -3.58. The van der Waals surface area contributed by atoms with Crippen LogP contribution in [0.5, 0.6) is 0 Å². The van der Waals surface area contributed by atoms with Crippen molar-refractivity contribution in [3.63, 3.8) is 0 Å². The lowest BCUT2D eigenvalue weighted by Gasteiger charge is -2.37. The fourth-order valence-electron chi connectivity index (χ4n) is 4.86. The maximum Gasteiger partial charge on any atom is 0.243 e. The van der Waals surface area contributed by atoms with Gasteiger partial charge in [0, 0.05) is 37.8 Å². The molecule has 2 aromatic rings. The Morgan fingerprint density at radius 3 is 2.37 bits per heavy atom. The van der Waals surface area contributed by atoms with Crippen molar-refractivity contribution in [1.82, 2.24) is 14.2 Å². The first-order valence-electron chi connectivity index (χ1n) is 12.3. The van der Waals surface area contributed by atoms with Crippen molar-refractivity contribution in [3.05, 3.63) is 53.2 Å². The molecule has 2 aliphatic rings. The fraction of sp³-hybridized carbons (Fsp3) is 0.500. The summed E-state index contributed by atoms with van der Waals surface area (Å²) >= 11 is 0. The molecule has 188 valence electrons. The second-order valence-corrected chi connectivity index (χ2v) is 11.6. The number of sulfonamides is 1. The minimum absolute atomic E-state index is 0.0272. The van der Waals surface area contributed by atoms with Gasteiger partial charge >= 0.3 is 0 Å². The highest BCUT2D eigenvalue weighted by Crippen LogP contribution is 2.28. The van der Waals surface area contributed by atoms with Gasteiger partial charge in [0.25, 0.3) is 0 Å². The normalized spacial score (nSPS) is 20.0. The molecule has 0 radical (unpaired) electrons. The van der Waals surface area contributed by atoms with E-state index in [4.69, 9.17) is 0 Å². The number of aromatic nitrogens is 1. The van der Waals surface area contributed by atoms with Gasteiger partial charge in [-0.3, -0.25) is 9.59 Å². The number of rotatable bonds is 5. The van der Waals surface area contributed by atoms with E-state index in [-0.39, 0.29) is 23.7 Å². The summed E-state index contributed by atoms with van der Waals surface area (Å²) in [4.78, 5) is 32.5. The number of amides is 2. The molecule has 0 saturated carbocycles. The summed E-state index contributed by atoms with van der Waals surface area (Å²) in [6.45, 7) is 7.39. The van der Waals surface area contributed by atoms with Gasteiger partial charge in [-0.25, -0.2) is 13.4 Å². The summed E-state index contributed by atoms with van der Waals surface area (Å²) < 4.78 is 27.7. The highest BCUT2D eigenvalue weighted by atomic mass is 32.2. The number of likely N-dealkylation sites (tertiary alicyclic amines) is 1. The Hall–Kier alpha value is -2.78. The van der Waals surface area contributed by atoms with Gasteiger partial charge in [0.05, 0.1) is 10.8 Å². The van der Waals surface area contributed by atoms with Crippen LogP contribution in [0.3, 0.4) is 0 Å². The fourth-order valence-corrected chi connectivity index (χ4v) is 6.41. The number of hydrogen-bond donors (Lipinski definition) is 1. The van der Waals surface area contributed by atoms with Crippen LogP contribution in [0.25, 0.3) is 0 Å². The van der Waals surface area contributed by atoms with Crippen LogP contribution >= 0.6 is 0 Å². The van der Waals surface area contributed by atoms with Crippen molar-refractivity contribution in [1.29, 1.82) is 0 Å². The van der Waals surface area contributed by atoms with Gasteiger partial charge < -0.3 is 10.2 Å². The van der Waals surface area contributed by atoms with E-state index < -0.39 is 10.0 Å². The molecular formula is C26H34N4O4S. The van der Waals surface area contributed by atoms with Crippen LogP contribution in [0.4, 0.5) is 5.82 Å². The second-order valence-electron chi connectivity index (χ2n) is 9.70. The summed E-state index contributed by atoms with van der Waals surface area (Å²) in [6.07, 6.45) is 2.48. The van der Waals surface area contributed by atoms with Crippen molar-refractivity contribution >= 4 is 27.7 Å². The average Bonchev–Trinajstić information content (AvgIpc) is 2.85. The molecule has 0 aliphatic carbocycles. The first-order chi connectivity index (χ1) is 16.6. The molecule has 1 N–H and O–H groups in total. The lowest BCUT2D eigenvalue weighted by Crippen LogP contribution is -2.48. The van der Waals surface area contributed by atoms with Gasteiger partial charge in [0.2, 0.25) is 21.8 Å². The molecule has 1 aromatic carbocycles. The maximum absolute atomic E-state index is 13.2. The van der Waals surface area contributed by atoms with Crippen LogP contribution in [-0.4, -0.2) is 60.6 Å². The molecule has 2 fully saturated rings. The molecule has 2 amide bonds. The van der Waals surface area contributed by atoms with E-state index in [0.29, 0.717) is 49.7 Å². The van der Waals surface area contributed by atoms with E-state index >= 15 is 0 Å². The van der Waals surface area contributed by atoms with Crippen molar-refractivity contribution in [2.45, 2.75) is 51.3 Å². The first kappa shape index (κ1) is 25.3. The molecule has 2 aliphatic heterocycles. The Morgan fingerprint density at radius 1 is 0.943 bits per heavy atom. The maximum atomic E-state index is 13.2. The number of carbonyl (C=O) groups excluding carboxylic acids is 2. The van der Waals surface area contributed by atoms with Crippen LogP contribution in [-0.2, 0) is 19.6 Å². The lowest BCUT2D eigenvalue weighted by atomic mass is 9.92. The van der Waals surface area contributed by atoms with E-state index in [1.165, 1.54) is 4.31 Å². The van der Waals surface area contributed by atoms with Crippen LogP contribution in [0.15, 0.2) is 41.3 Å². The van der Waals surface area contributed by atoms with Gasteiger partial charge in [-0.1, -0.05) is 12.1 Å². The van der Waals surface area contributed by atoms with E-state index in [9.17, 15) is 18.0 Å². The third kappa shape index (κ3) is 5.73. The van der Waals surface area contributed by atoms with Gasteiger partial charge in [0.1, 0.15) is 5.82 Å². The average molecular weight is 499 g/mol. The number of benzene rings is 1. The second kappa shape index (κ2) is 10.5. The molecule has 2 saturated heterocycles. The molecule has 0 spiro atoms. The minimum atomic E-state index is -3.58. The number of nitrogens with one attached hydrogen (secondary N) is 1. The Bertz CT molecular complexity index is 1210. The lowest BCUT2D eigenvalue weighted by molar-refractivity contribution is -0.139. The quantitative estimate of drug-likeness (QED) is 0.682. The third-order valence-corrected chi connectivity index (χ3v) is 9.06. The number of hydrogen-bond acceptors (Lipinski definition) is 5. The van der Waals surface area contributed by atoms with E-state index in [1.807, 2.05) is 39.0 Å². The van der Waals surface area contributed by atoms with Gasteiger partial charge in [-0.05, 0) is 81.8 Å². The van der Waals surface area contributed by atoms with Crippen molar-refractivity contribution < 1.29 is 18.0 Å². The number of nitrogens with zero attached hydrogens (tertiary/aromatic N) is 3. The molecule has 3 heterocycles. The molecule has 0 bridgehead atoms. The number of piperidine rings is 2. The number of aryl methyl sites for hydroxylation is 3. The summed E-state index contributed by atoms with van der Waals surface area (Å²) in [5.41, 5.74) is 2.82. The Morgan fingerprint density at radius 2 is 1.69 bits per heavy atom. The topological polar surface area (TPSA) is 99.7 Å². The Kier molecular flexibility index (Phi) is 7.56. The van der Waals surface area contributed by atoms with Crippen LogP contribution in [0.1, 0.15) is 42.5 Å². The first-order valence-corrected chi connectivity index (χ1v) is 13.7. The van der Waals surface area contributed by atoms with Crippen LogP contribution in [0, 0.1) is 32.6 Å². The molecular weight excluding hydrogens is 464 g/mol. The minimum Gasteiger partial charge on any atom is -0.342 e. The number of pyridine rings is 1. The molecule has 9 heteroatoms. The summed E-state index contributed by atoms with van der Waals surface area (Å²) in [5.74, 6) is -0.0631. The third-order valence-electron chi connectivity index (χ3n) is 7.16. The molecule has 4 rings (SSSR count). The standard InChI is InChI=1S/C26H34N4O4S/c1-18-9-10-23(16-19(18)2)35(33,34)30-14-11-21(12-15-30)26(32)29-13-5-7-22(17-29)25(31)28-24-8-4-6-20(3)27-24/h4,6,8-10,16,21-22H,5,7,11-15,17H2,1-3H3,(H,27,28,31). The molecule has 8 nitrogen and oxygen atoms in total. The highest BCUT2D eigenvalue weighted by molar-refractivity contribution is 7.89. The Balaban J connectivity index is 1.34. The predicted octanol–water partition coefficient (Wildman–Crippen LogP) is 3.28. The van der Waals surface area contributed by atoms with Crippen LogP contribution in [0.2, 0.25) is 0 Å².